The number of H-pyrrole nitrogens is 1. The number of aromatic nitrogens is 1. The highest BCUT2D eigenvalue weighted by Crippen LogP contribution is 2.27. The maximum atomic E-state index is 13.3. The first-order valence-electron chi connectivity index (χ1n) is 12.0. The molecule has 0 unspecified atom stereocenters. The Labute approximate surface area is 194 Å². The van der Waals surface area contributed by atoms with Crippen LogP contribution in [0.1, 0.15) is 37.7 Å². The predicted molar refractivity (Wildman–Crippen MR) is 128 cm³/mol. The fraction of sp³-hybridized carbons (Fsp3) is 0.407. The molecule has 0 spiro atoms. The molecule has 172 valence electrons. The number of likely N-dealkylation sites (tertiary alicyclic amines) is 2. The minimum Gasteiger partial charge on any atom is -0.488 e. The van der Waals surface area contributed by atoms with Crippen molar-refractivity contribution in [1.29, 1.82) is 0 Å². The second-order valence-electron chi connectivity index (χ2n) is 9.10. The summed E-state index contributed by atoms with van der Waals surface area (Å²) in [5.74, 6) is 0.909. The molecule has 2 saturated heterocycles. The monoisotopic (exact) mass is 445 g/mol. The van der Waals surface area contributed by atoms with Crippen molar-refractivity contribution < 1.29 is 14.3 Å². The fourth-order valence-electron chi connectivity index (χ4n) is 5.14. The van der Waals surface area contributed by atoms with Crippen LogP contribution in [0.2, 0.25) is 0 Å². The number of benzene rings is 2. The standard InChI is InChI=1S/C27H31N3O3/c31-26(14-8-9-20-18-28-24-13-5-4-12-23(20)24)30-19-22(33-21-10-2-1-3-11-21)17-25(30)27(32)29-15-6-7-16-29/h1-5,10-13,18,22,25,28H,6-9,14-17,19H2/t22-,25-/m0/s1. The van der Waals surface area contributed by atoms with E-state index in [2.05, 4.69) is 17.1 Å². The van der Waals surface area contributed by atoms with Gasteiger partial charge in [-0.1, -0.05) is 36.4 Å². The number of carbonyl (C=O) groups is 2. The molecule has 3 aromatic rings. The molecule has 0 radical (unpaired) electrons. The highest BCUT2D eigenvalue weighted by atomic mass is 16.5. The summed E-state index contributed by atoms with van der Waals surface area (Å²) in [6, 6.07) is 17.5. The SMILES string of the molecule is O=C([C@@H]1C[C@H](Oc2ccccc2)CN1C(=O)CCCc1c[nH]c2ccccc12)N1CCCC1. The van der Waals surface area contributed by atoms with Crippen LogP contribution < -0.4 is 4.74 Å². The second kappa shape index (κ2) is 9.69. The van der Waals surface area contributed by atoms with Gasteiger partial charge in [0.15, 0.2) is 0 Å². The molecule has 6 nitrogen and oxygen atoms in total. The van der Waals surface area contributed by atoms with E-state index in [1.807, 2.05) is 53.6 Å². The Balaban J connectivity index is 1.24. The van der Waals surface area contributed by atoms with Gasteiger partial charge in [0.25, 0.3) is 0 Å². The van der Waals surface area contributed by atoms with E-state index >= 15 is 0 Å². The summed E-state index contributed by atoms with van der Waals surface area (Å²) in [6.45, 7) is 2.05. The Hall–Kier alpha value is -3.28. The van der Waals surface area contributed by atoms with Gasteiger partial charge in [-0.2, -0.15) is 0 Å². The molecule has 0 aliphatic carbocycles. The molecule has 2 aromatic carbocycles. The Morgan fingerprint density at radius 1 is 1.00 bits per heavy atom. The number of hydrogen-bond acceptors (Lipinski definition) is 3. The molecule has 0 bridgehead atoms. The summed E-state index contributed by atoms with van der Waals surface area (Å²) in [5, 5.41) is 1.21. The molecule has 2 atom stereocenters. The maximum absolute atomic E-state index is 13.3. The lowest BCUT2D eigenvalue weighted by Crippen LogP contribution is -2.46. The van der Waals surface area contributed by atoms with Crippen LogP contribution in [0.5, 0.6) is 5.75 Å². The van der Waals surface area contributed by atoms with Crippen LogP contribution in [0, 0.1) is 0 Å². The largest absolute Gasteiger partial charge is 0.488 e. The van der Waals surface area contributed by atoms with Crippen LogP contribution >= 0.6 is 0 Å². The number of hydrogen-bond donors (Lipinski definition) is 1. The summed E-state index contributed by atoms with van der Waals surface area (Å²) in [6.07, 6.45) is 6.53. The van der Waals surface area contributed by atoms with Gasteiger partial charge in [0.05, 0.1) is 6.54 Å². The van der Waals surface area contributed by atoms with Crippen molar-refractivity contribution in [3.05, 3.63) is 66.4 Å². The van der Waals surface area contributed by atoms with Crippen molar-refractivity contribution in [3.8, 4) is 5.75 Å². The van der Waals surface area contributed by atoms with Crippen molar-refractivity contribution in [2.24, 2.45) is 0 Å². The van der Waals surface area contributed by atoms with Gasteiger partial charge in [-0.25, -0.2) is 0 Å². The topological polar surface area (TPSA) is 65.6 Å². The molecular weight excluding hydrogens is 414 g/mol. The summed E-state index contributed by atoms with van der Waals surface area (Å²) in [5.41, 5.74) is 2.35. The van der Waals surface area contributed by atoms with E-state index in [-0.39, 0.29) is 17.9 Å². The van der Waals surface area contributed by atoms with Gasteiger partial charge in [0.2, 0.25) is 11.8 Å². The van der Waals surface area contributed by atoms with Crippen molar-refractivity contribution >= 4 is 22.7 Å². The molecule has 2 fully saturated rings. The quantitative estimate of drug-likeness (QED) is 0.594. The number of nitrogens with zero attached hydrogens (tertiary/aromatic N) is 2. The van der Waals surface area contributed by atoms with Crippen molar-refractivity contribution in [3.63, 3.8) is 0 Å². The van der Waals surface area contributed by atoms with Crippen molar-refractivity contribution in [1.82, 2.24) is 14.8 Å². The van der Waals surface area contributed by atoms with E-state index in [1.165, 1.54) is 10.9 Å². The molecule has 2 aliphatic rings. The molecule has 2 aliphatic heterocycles. The third-order valence-corrected chi connectivity index (χ3v) is 6.84. The molecule has 3 heterocycles. The first-order valence-corrected chi connectivity index (χ1v) is 12.0. The van der Waals surface area contributed by atoms with Gasteiger partial charge in [0, 0.05) is 43.0 Å². The number of fused-ring (bicyclic) bond motifs is 1. The van der Waals surface area contributed by atoms with E-state index in [0.29, 0.717) is 19.4 Å². The smallest absolute Gasteiger partial charge is 0.245 e. The molecule has 1 aromatic heterocycles. The maximum Gasteiger partial charge on any atom is 0.245 e. The number of carbonyl (C=O) groups excluding carboxylic acids is 2. The van der Waals surface area contributed by atoms with Gasteiger partial charge >= 0.3 is 0 Å². The van der Waals surface area contributed by atoms with E-state index in [4.69, 9.17) is 4.74 Å². The summed E-state index contributed by atoms with van der Waals surface area (Å²) in [4.78, 5) is 33.5. The van der Waals surface area contributed by atoms with Crippen LogP contribution in [0.25, 0.3) is 10.9 Å². The second-order valence-corrected chi connectivity index (χ2v) is 9.10. The number of nitrogens with one attached hydrogen (secondary N) is 1. The average Bonchev–Trinajstić information content (AvgIpc) is 3.60. The van der Waals surface area contributed by atoms with E-state index in [0.717, 1.165) is 50.0 Å². The fourth-order valence-corrected chi connectivity index (χ4v) is 5.14. The van der Waals surface area contributed by atoms with Crippen LogP contribution in [-0.2, 0) is 16.0 Å². The minimum atomic E-state index is -0.419. The van der Waals surface area contributed by atoms with Gasteiger partial charge in [-0.05, 0) is 49.4 Å². The number of amides is 2. The highest BCUT2D eigenvalue weighted by molar-refractivity contribution is 5.89. The Bertz CT molecular complexity index is 1100. The minimum absolute atomic E-state index is 0.0477. The summed E-state index contributed by atoms with van der Waals surface area (Å²) >= 11 is 0. The van der Waals surface area contributed by atoms with Gasteiger partial charge in [0.1, 0.15) is 17.9 Å². The first-order chi connectivity index (χ1) is 16.2. The Morgan fingerprint density at radius 3 is 2.58 bits per heavy atom. The molecule has 1 N–H and O–H groups in total. The molecule has 0 saturated carbocycles. The van der Waals surface area contributed by atoms with Crippen LogP contribution in [0.3, 0.4) is 0 Å². The number of para-hydroxylation sites is 2. The zero-order valence-corrected chi connectivity index (χ0v) is 18.9. The number of aryl methyl sites for hydroxylation is 1. The zero-order chi connectivity index (χ0) is 22.6. The van der Waals surface area contributed by atoms with Gasteiger partial charge in [-0.15, -0.1) is 0 Å². The van der Waals surface area contributed by atoms with Crippen molar-refractivity contribution in [2.45, 2.75) is 50.7 Å². The Morgan fingerprint density at radius 2 is 1.76 bits per heavy atom. The highest BCUT2D eigenvalue weighted by Gasteiger charge is 2.42. The third kappa shape index (κ3) is 4.75. The van der Waals surface area contributed by atoms with Gasteiger partial charge < -0.3 is 19.5 Å². The predicted octanol–water partition coefficient (Wildman–Crippen LogP) is 4.16. The molecule has 5 rings (SSSR count). The lowest BCUT2D eigenvalue weighted by atomic mass is 10.1. The molecule has 33 heavy (non-hydrogen) atoms. The lowest BCUT2D eigenvalue weighted by molar-refractivity contribution is -0.143. The summed E-state index contributed by atoms with van der Waals surface area (Å²) < 4.78 is 6.14. The van der Waals surface area contributed by atoms with Gasteiger partial charge in [-0.3, -0.25) is 9.59 Å². The Kier molecular flexibility index (Phi) is 6.33. The van der Waals surface area contributed by atoms with Crippen LogP contribution in [0.4, 0.5) is 0 Å². The normalized spacial score (nSPS) is 20.5. The molecular formula is C27H31N3O3. The van der Waals surface area contributed by atoms with E-state index < -0.39 is 6.04 Å². The molecule has 2 amide bonds. The molecule has 6 heteroatoms. The van der Waals surface area contributed by atoms with E-state index in [9.17, 15) is 9.59 Å². The van der Waals surface area contributed by atoms with Crippen LogP contribution in [-0.4, -0.2) is 58.4 Å². The number of ether oxygens (including phenoxy) is 1. The number of aromatic amines is 1. The number of rotatable bonds is 7. The third-order valence-electron chi connectivity index (χ3n) is 6.84. The lowest BCUT2D eigenvalue weighted by Gasteiger charge is -2.27. The van der Waals surface area contributed by atoms with Crippen LogP contribution in [0.15, 0.2) is 60.8 Å². The first kappa shape index (κ1) is 21.6. The average molecular weight is 446 g/mol. The summed E-state index contributed by atoms with van der Waals surface area (Å²) in [7, 11) is 0. The zero-order valence-electron chi connectivity index (χ0n) is 18.9. The van der Waals surface area contributed by atoms with Crippen molar-refractivity contribution in [2.75, 3.05) is 19.6 Å². The van der Waals surface area contributed by atoms with E-state index in [1.54, 1.807) is 4.90 Å².